The number of rotatable bonds is 3. The molecule has 8 heteroatoms. The Morgan fingerprint density at radius 3 is 2.64 bits per heavy atom. The Morgan fingerprint density at radius 1 is 1.11 bits per heavy atom. The molecular weight excluding hydrogens is 354 g/mol. The van der Waals surface area contributed by atoms with E-state index in [9.17, 15) is 4.79 Å². The molecule has 2 amide bonds. The molecular formula is C20H23N7O. The number of benzene rings is 1. The SMILES string of the molecule is CN1N=CC=C[C@H]1NC(=O)N1CCN(c2cc(-c3ccccc3)ncn2)CC1. The number of anilines is 1. The van der Waals surface area contributed by atoms with Gasteiger partial charge in [0, 0.05) is 51.1 Å². The number of nitrogens with one attached hydrogen (secondary N) is 1. The fraction of sp³-hybridized carbons (Fsp3) is 0.300. The van der Waals surface area contributed by atoms with Crippen LogP contribution >= 0.6 is 0 Å². The molecule has 28 heavy (non-hydrogen) atoms. The topological polar surface area (TPSA) is 77.0 Å². The van der Waals surface area contributed by atoms with E-state index in [0.717, 1.165) is 30.2 Å². The highest BCUT2D eigenvalue weighted by atomic mass is 16.2. The van der Waals surface area contributed by atoms with E-state index in [0.29, 0.717) is 13.1 Å². The number of carbonyl (C=O) groups excluding carboxylic acids is 1. The number of hydrazone groups is 1. The summed E-state index contributed by atoms with van der Waals surface area (Å²) in [5.74, 6) is 0.887. The number of hydrogen-bond acceptors (Lipinski definition) is 6. The summed E-state index contributed by atoms with van der Waals surface area (Å²) in [6.45, 7) is 2.74. The van der Waals surface area contributed by atoms with Crippen molar-refractivity contribution in [3.63, 3.8) is 0 Å². The molecule has 3 heterocycles. The Bertz CT molecular complexity index is 875. The van der Waals surface area contributed by atoms with E-state index in [1.54, 1.807) is 17.6 Å². The number of piperazine rings is 1. The summed E-state index contributed by atoms with van der Waals surface area (Å²) in [6.07, 6.45) is 6.83. The van der Waals surface area contributed by atoms with E-state index in [2.05, 4.69) is 25.3 Å². The van der Waals surface area contributed by atoms with Crippen molar-refractivity contribution in [1.82, 2.24) is 25.2 Å². The number of amides is 2. The highest BCUT2D eigenvalue weighted by Crippen LogP contribution is 2.21. The molecule has 0 radical (unpaired) electrons. The minimum absolute atomic E-state index is 0.0779. The number of urea groups is 1. The molecule has 144 valence electrons. The van der Waals surface area contributed by atoms with Crippen LogP contribution in [0.15, 0.2) is 60.0 Å². The van der Waals surface area contributed by atoms with E-state index in [1.165, 1.54) is 0 Å². The Labute approximate surface area is 164 Å². The number of allylic oxidation sites excluding steroid dienone is 1. The maximum atomic E-state index is 12.6. The molecule has 1 aromatic heterocycles. The summed E-state index contributed by atoms with van der Waals surface area (Å²) < 4.78 is 0. The molecule has 2 aliphatic rings. The van der Waals surface area contributed by atoms with Crippen molar-refractivity contribution in [2.24, 2.45) is 5.10 Å². The van der Waals surface area contributed by atoms with E-state index in [4.69, 9.17) is 0 Å². The average Bonchev–Trinajstić information content (AvgIpc) is 2.76. The van der Waals surface area contributed by atoms with Gasteiger partial charge in [0.15, 0.2) is 0 Å². The highest BCUT2D eigenvalue weighted by Gasteiger charge is 2.24. The van der Waals surface area contributed by atoms with Crippen LogP contribution in [0.4, 0.5) is 10.6 Å². The Kier molecular flexibility index (Phi) is 5.18. The second-order valence-electron chi connectivity index (χ2n) is 6.72. The minimum Gasteiger partial charge on any atom is -0.353 e. The first kappa shape index (κ1) is 18.0. The molecule has 1 fully saturated rings. The standard InChI is InChI=1S/C20H23N7O/c1-25-18(8-5-9-23-25)24-20(28)27-12-10-26(11-13-27)19-14-17(21-15-22-19)16-6-3-2-4-7-16/h2-9,14-15,18H,10-13H2,1H3,(H,24,28)/t18-/m0/s1. The molecule has 1 aromatic carbocycles. The summed E-state index contributed by atoms with van der Waals surface area (Å²) in [5.41, 5.74) is 1.97. The highest BCUT2D eigenvalue weighted by molar-refractivity contribution is 5.76. The van der Waals surface area contributed by atoms with Gasteiger partial charge in [0.2, 0.25) is 0 Å². The lowest BCUT2D eigenvalue weighted by molar-refractivity contribution is 0.175. The second-order valence-corrected chi connectivity index (χ2v) is 6.72. The number of likely N-dealkylation sites (N-methyl/N-ethyl adjacent to an activating group) is 1. The van der Waals surface area contributed by atoms with Gasteiger partial charge in [-0.1, -0.05) is 30.3 Å². The van der Waals surface area contributed by atoms with Crippen molar-refractivity contribution < 1.29 is 4.79 Å². The molecule has 4 rings (SSSR count). The van der Waals surface area contributed by atoms with Crippen LogP contribution in [0.3, 0.4) is 0 Å². The van der Waals surface area contributed by atoms with Crippen LogP contribution in [-0.2, 0) is 0 Å². The summed E-state index contributed by atoms with van der Waals surface area (Å²) in [6, 6.07) is 12.0. The van der Waals surface area contributed by atoms with Crippen molar-refractivity contribution in [2.45, 2.75) is 6.17 Å². The summed E-state index contributed by atoms with van der Waals surface area (Å²) in [5, 5.41) is 8.87. The molecule has 0 aliphatic carbocycles. The zero-order valence-electron chi connectivity index (χ0n) is 15.8. The van der Waals surface area contributed by atoms with E-state index >= 15 is 0 Å². The van der Waals surface area contributed by atoms with Gasteiger partial charge >= 0.3 is 6.03 Å². The summed E-state index contributed by atoms with van der Waals surface area (Å²) >= 11 is 0. The van der Waals surface area contributed by atoms with Crippen molar-refractivity contribution in [3.8, 4) is 11.3 Å². The maximum absolute atomic E-state index is 12.6. The van der Waals surface area contributed by atoms with Gasteiger partial charge in [0.1, 0.15) is 18.3 Å². The summed E-state index contributed by atoms with van der Waals surface area (Å²) in [4.78, 5) is 25.4. The largest absolute Gasteiger partial charge is 0.353 e. The van der Waals surface area contributed by atoms with Gasteiger partial charge in [-0.25, -0.2) is 14.8 Å². The molecule has 0 spiro atoms. The Morgan fingerprint density at radius 2 is 1.89 bits per heavy atom. The Balaban J connectivity index is 1.36. The molecule has 0 unspecified atom stereocenters. The van der Waals surface area contributed by atoms with Gasteiger partial charge in [-0.2, -0.15) is 5.10 Å². The molecule has 2 aliphatic heterocycles. The van der Waals surface area contributed by atoms with E-state index in [-0.39, 0.29) is 12.2 Å². The third kappa shape index (κ3) is 3.95. The monoisotopic (exact) mass is 377 g/mol. The van der Waals surface area contributed by atoms with Crippen LogP contribution in [0.5, 0.6) is 0 Å². The van der Waals surface area contributed by atoms with Crippen LogP contribution in [0, 0.1) is 0 Å². The molecule has 0 bridgehead atoms. The maximum Gasteiger partial charge on any atom is 0.319 e. The zero-order valence-corrected chi connectivity index (χ0v) is 15.8. The van der Waals surface area contributed by atoms with Crippen LogP contribution in [0.1, 0.15) is 0 Å². The zero-order chi connectivity index (χ0) is 19.3. The Hall–Kier alpha value is -3.42. The fourth-order valence-electron chi connectivity index (χ4n) is 3.28. The predicted octanol–water partition coefficient (Wildman–Crippen LogP) is 1.79. The first-order chi connectivity index (χ1) is 13.7. The average molecular weight is 377 g/mol. The van der Waals surface area contributed by atoms with E-state index < -0.39 is 0 Å². The molecule has 2 aromatic rings. The normalized spacial score (nSPS) is 19.0. The third-order valence-electron chi connectivity index (χ3n) is 4.92. The lowest BCUT2D eigenvalue weighted by atomic mass is 10.1. The van der Waals surface area contributed by atoms with Crippen LogP contribution in [0.2, 0.25) is 0 Å². The van der Waals surface area contributed by atoms with Gasteiger partial charge in [-0.15, -0.1) is 0 Å². The lowest BCUT2D eigenvalue weighted by Crippen LogP contribution is -2.55. The predicted molar refractivity (Wildman–Crippen MR) is 109 cm³/mol. The molecule has 1 saturated heterocycles. The van der Waals surface area contributed by atoms with Crippen LogP contribution in [-0.4, -0.2) is 71.5 Å². The number of hydrogen-bond donors (Lipinski definition) is 1. The van der Waals surface area contributed by atoms with Crippen molar-refractivity contribution >= 4 is 18.1 Å². The first-order valence-corrected chi connectivity index (χ1v) is 9.32. The van der Waals surface area contributed by atoms with Crippen molar-refractivity contribution in [3.05, 3.63) is 54.9 Å². The van der Waals surface area contributed by atoms with Gasteiger partial charge in [-0.05, 0) is 12.2 Å². The van der Waals surface area contributed by atoms with E-state index in [1.807, 2.05) is 60.5 Å². The molecule has 8 nitrogen and oxygen atoms in total. The van der Waals surface area contributed by atoms with Gasteiger partial charge in [-0.3, -0.25) is 5.01 Å². The second kappa shape index (κ2) is 8.08. The number of aromatic nitrogens is 2. The quantitative estimate of drug-likeness (QED) is 0.882. The van der Waals surface area contributed by atoms with Gasteiger partial charge < -0.3 is 15.1 Å². The van der Waals surface area contributed by atoms with Crippen LogP contribution in [0.25, 0.3) is 11.3 Å². The van der Waals surface area contributed by atoms with Gasteiger partial charge in [0.25, 0.3) is 0 Å². The fourth-order valence-corrected chi connectivity index (χ4v) is 3.28. The lowest BCUT2D eigenvalue weighted by Gasteiger charge is -2.36. The number of carbonyl (C=O) groups is 1. The molecule has 1 N–H and O–H groups in total. The third-order valence-corrected chi connectivity index (χ3v) is 4.92. The smallest absolute Gasteiger partial charge is 0.319 e. The molecule has 0 saturated carbocycles. The number of nitrogens with zero attached hydrogens (tertiary/aromatic N) is 6. The summed E-state index contributed by atoms with van der Waals surface area (Å²) in [7, 11) is 1.84. The molecule has 1 atom stereocenters. The van der Waals surface area contributed by atoms with Crippen molar-refractivity contribution in [2.75, 3.05) is 38.1 Å². The minimum atomic E-state index is -0.217. The van der Waals surface area contributed by atoms with Gasteiger partial charge in [0.05, 0.1) is 5.69 Å². The first-order valence-electron chi connectivity index (χ1n) is 9.32. The van der Waals surface area contributed by atoms with Crippen molar-refractivity contribution in [1.29, 1.82) is 0 Å². The van der Waals surface area contributed by atoms with Crippen LogP contribution < -0.4 is 10.2 Å².